The van der Waals surface area contributed by atoms with Crippen molar-refractivity contribution < 1.29 is 19.4 Å². The van der Waals surface area contributed by atoms with Gasteiger partial charge in [0.2, 0.25) is 0 Å². The Bertz CT molecular complexity index is 1040. The van der Waals surface area contributed by atoms with Gasteiger partial charge < -0.3 is 19.5 Å². The summed E-state index contributed by atoms with van der Waals surface area (Å²) in [6.07, 6.45) is 5.15. The average Bonchev–Trinajstić information content (AvgIpc) is 2.87. The van der Waals surface area contributed by atoms with Gasteiger partial charge in [-0.25, -0.2) is 4.79 Å². The first kappa shape index (κ1) is 25.8. The summed E-state index contributed by atoms with van der Waals surface area (Å²) in [5.74, 6) is 1.14. The summed E-state index contributed by atoms with van der Waals surface area (Å²) < 4.78 is 11.9. The second-order valence-corrected chi connectivity index (χ2v) is 11.3. The third-order valence-electron chi connectivity index (χ3n) is 7.61. The number of aliphatic hydroxyl groups excluding tert-OH is 1. The molecule has 2 aromatic carbocycles. The number of anilines is 1. The highest BCUT2D eigenvalue weighted by Gasteiger charge is 2.43. The van der Waals surface area contributed by atoms with Crippen LogP contribution in [0.15, 0.2) is 36.4 Å². The lowest BCUT2D eigenvalue weighted by Gasteiger charge is -2.48. The smallest absolute Gasteiger partial charge is 0.338 e. The number of carbonyl (C=O) groups is 1. The van der Waals surface area contributed by atoms with Gasteiger partial charge >= 0.3 is 5.97 Å². The number of benzene rings is 2. The van der Waals surface area contributed by atoms with E-state index in [9.17, 15) is 9.90 Å². The molecule has 2 atom stereocenters. The molecular formula is C29H38ClNO4. The number of fused-ring (bicyclic) bond motifs is 2. The van der Waals surface area contributed by atoms with Crippen LogP contribution in [0.1, 0.15) is 67.9 Å². The number of nitrogens with zero attached hydrogens (tertiary/aromatic N) is 1. The molecule has 0 bridgehead atoms. The maximum absolute atomic E-state index is 12.8. The molecule has 2 aliphatic rings. The molecule has 2 aromatic rings. The van der Waals surface area contributed by atoms with Crippen molar-refractivity contribution in [3.8, 4) is 5.75 Å². The predicted molar refractivity (Wildman–Crippen MR) is 140 cm³/mol. The molecule has 0 aromatic heterocycles. The fraction of sp³-hybridized carbons (Fsp3) is 0.552. The highest BCUT2D eigenvalue weighted by atomic mass is 35.5. The quantitative estimate of drug-likeness (QED) is 0.474. The zero-order chi connectivity index (χ0) is 25.0. The number of hydrogen-bond donors (Lipinski definition) is 1. The van der Waals surface area contributed by atoms with Crippen LogP contribution >= 0.6 is 11.6 Å². The summed E-state index contributed by atoms with van der Waals surface area (Å²) in [5.41, 5.74) is 3.79. The molecule has 6 heteroatoms. The van der Waals surface area contributed by atoms with Gasteiger partial charge in [-0.1, -0.05) is 38.4 Å². The molecular weight excluding hydrogens is 462 g/mol. The fourth-order valence-electron chi connectivity index (χ4n) is 5.02. The van der Waals surface area contributed by atoms with E-state index in [0.29, 0.717) is 24.7 Å². The monoisotopic (exact) mass is 499 g/mol. The molecule has 0 spiro atoms. The molecule has 1 fully saturated rings. The van der Waals surface area contributed by atoms with Gasteiger partial charge in [0.1, 0.15) is 12.4 Å². The number of carbonyl (C=O) groups excluding carboxylic acids is 1. The third kappa shape index (κ3) is 6.13. The van der Waals surface area contributed by atoms with Crippen molar-refractivity contribution in [2.24, 2.45) is 17.3 Å². The minimum Gasteiger partial charge on any atom is -0.487 e. The highest BCUT2D eigenvalue weighted by molar-refractivity contribution is 6.30. The van der Waals surface area contributed by atoms with Crippen LogP contribution < -0.4 is 9.64 Å². The molecule has 0 saturated heterocycles. The van der Waals surface area contributed by atoms with Crippen molar-refractivity contribution in [2.45, 2.75) is 59.5 Å². The van der Waals surface area contributed by atoms with Crippen LogP contribution in [-0.2, 0) is 17.8 Å². The first-order chi connectivity index (χ1) is 16.8. The Labute approximate surface area is 214 Å². The Hall–Kier alpha value is -2.24. The van der Waals surface area contributed by atoms with Gasteiger partial charge in [0, 0.05) is 24.7 Å². The van der Waals surface area contributed by atoms with Crippen molar-refractivity contribution in [1.82, 2.24) is 0 Å². The summed E-state index contributed by atoms with van der Waals surface area (Å²) >= 11 is 6.28. The fourth-order valence-corrected chi connectivity index (χ4v) is 5.21. The Kier molecular flexibility index (Phi) is 8.28. The van der Waals surface area contributed by atoms with E-state index in [1.807, 2.05) is 44.2 Å². The number of halogens is 1. The topological polar surface area (TPSA) is 59.0 Å². The number of hydrogen-bond acceptors (Lipinski definition) is 5. The van der Waals surface area contributed by atoms with Crippen LogP contribution in [0, 0.1) is 17.3 Å². The molecule has 0 unspecified atom stereocenters. The number of aliphatic hydroxyl groups is 1. The van der Waals surface area contributed by atoms with E-state index in [-0.39, 0.29) is 23.9 Å². The van der Waals surface area contributed by atoms with Crippen molar-refractivity contribution in [1.29, 1.82) is 0 Å². The number of rotatable bonds is 6. The molecule has 1 aliphatic heterocycles. The van der Waals surface area contributed by atoms with E-state index in [1.165, 1.54) is 5.56 Å². The van der Waals surface area contributed by atoms with Crippen LogP contribution in [0.5, 0.6) is 5.75 Å². The summed E-state index contributed by atoms with van der Waals surface area (Å²) in [7, 11) is 0. The van der Waals surface area contributed by atoms with E-state index in [2.05, 4.69) is 11.8 Å². The Balaban J connectivity index is 1.66. The van der Waals surface area contributed by atoms with Gasteiger partial charge in [-0.05, 0) is 90.8 Å². The first-order valence-corrected chi connectivity index (χ1v) is 13.2. The molecule has 35 heavy (non-hydrogen) atoms. The zero-order valence-electron chi connectivity index (χ0n) is 21.2. The summed E-state index contributed by atoms with van der Waals surface area (Å²) in [6.45, 7) is 8.96. The molecule has 0 radical (unpaired) electrons. The van der Waals surface area contributed by atoms with Gasteiger partial charge in [-0.3, -0.25) is 0 Å². The van der Waals surface area contributed by atoms with E-state index in [1.54, 1.807) is 6.07 Å². The molecule has 1 N–H and O–H groups in total. The lowest BCUT2D eigenvalue weighted by molar-refractivity contribution is -0.00541. The predicted octanol–water partition coefficient (Wildman–Crippen LogP) is 6.28. The normalized spacial score (nSPS) is 22.3. The Morgan fingerprint density at radius 3 is 2.77 bits per heavy atom. The lowest BCUT2D eigenvalue weighted by Crippen LogP contribution is -2.47. The Morgan fingerprint density at radius 2 is 2.06 bits per heavy atom. The first-order valence-electron chi connectivity index (χ1n) is 12.9. The summed E-state index contributed by atoms with van der Waals surface area (Å²) in [5, 5.41) is 10.7. The van der Waals surface area contributed by atoms with Crippen molar-refractivity contribution >= 4 is 23.3 Å². The van der Waals surface area contributed by atoms with Crippen LogP contribution in [-0.4, -0.2) is 37.4 Å². The Morgan fingerprint density at radius 1 is 1.23 bits per heavy atom. The van der Waals surface area contributed by atoms with Gasteiger partial charge in [0.25, 0.3) is 0 Å². The van der Waals surface area contributed by atoms with Crippen molar-refractivity contribution in [2.75, 3.05) is 31.2 Å². The maximum atomic E-state index is 12.8. The molecule has 0 amide bonds. The molecule has 5 nitrogen and oxygen atoms in total. The van der Waals surface area contributed by atoms with E-state index in [4.69, 9.17) is 21.1 Å². The standard InChI is InChI=1S/C29H38ClNO4/c1-20(2)17-35-28(33)22-8-10-27-26(15-22)31(16-24-11-12-29(24,3)19-32)13-5-4-6-21-14-25(30)9-7-23(21)18-34-27/h7-10,14-15,20,24,32H,4-6,11-13,16-19H2,1-3H3/t24-,29-/m1/s1. The van der Waals surface area contributed by atoms with Gasteiger partial charge in [-0.2, -0.15) is 0 Å². The summed E-state index contributed by atoms with van der Waals surface area (Å²) in [4.78, 5) is 15.1. The SMILES string of the molecule is CC(C)COC(=O)c1ccc2c(c1)N(C[C@H]1CC[C@]1(C)CO)CCCCc1cc(Cl)ccc1CO2. The molecule has 1 saturated carbocycles. The van der Waals surface area contributed by atoms with Crippen LogP contribution in [0.2, 0.25) is 5.02 Å². The zero-order valence-corrected chi connectivity index (χ0v) is 21.9. The minimum atomic E-state index is -0.306. The van der Waals surface area contributed by atoms with Crippen LogP contribution in [0.25, 0.3) is 0 Å². The van der Waals surface area contributed by atoms with Gasteiger partial charge in [0.05, 0.1) is 17.9 Å². The number of aryl methyl sites for hydroxylation is 1. The van der Waals surface area contributed by atoms with Crippen molar-refractivity contribution in [3.05, 3.63) is 58.1 Å². The summed E-state index contributed by atoms with van der Waals surface area (Å²) in [6, 6.07) is 11.6. The largest absolute Gasteiger partial charge is 0.487 e. The number of esters is 1. The van der Waals surface area contributed by atoms with E-state index in [0.717, 1.165) is 67.2 Å². The van der Waals surface area contributed by atoms with Gasteiger partial charge in [-0.15, -0.1) is 0 Å². The maximum Gasteiger partial charge on any atom is 0.338 e. The minimum absolute atomic E-state index is 0.0476. The molecule has 190 valence electrons. The van der Waals surface area contributed by atoms with E-state index < -0.39 is 0 Å². The molecule has 1 aliphatic carbocycles. The average molecular weight is 500 g/mol. The second-order valence-electron chi connectivity index (χ2n) is 10.8. The highest BCUT2D eigenvalue weighted by Crippen LogP contribution is 2.47. The third-order valence-corrected chi connectivity index (χ3v) is 7.85. The van der Waals surface area contributed by atoms with Crippen LogP contribution in [0.3, 0.4) is 0 Å². The van der Waals surface area contributed by atoms with Crippen LogP contribution in [0.4, 0.5) is 5.69 Å². The van der Waals surface area contributed by atoms with Gasteiger partial charge in [0.15, 0.2) is 0 Å². The molecule has 4 rings (SSSR count). The number of ether oxygens (including phenoxy) is 2. The second kappa shape index (κ2) is 11.2. The molecule has 1 heterocycles. The lowest BCUT2D eigenvalue weighted by atomic mass is 9.61. The van der Waals surface area contributed by atoms with E-state index >= 15 is 0 Å². The van der Waals surface area contributed by atoms with Crippen molar-refractivity contribution in [3.63, 3.8) is 0 Å².